The third-order valence-corrected chi connectivity index (χ3v) is 4.99. The number of carbonyl (C=O) groups excluding carboxylic acids is 2. The average molecular weight is 510 g/mol. The van der Waals surface area contributed by atoms with Crippen LogP contribution >= 0.6 is 0 Å². The summed E-state index contributed by atoms with van der Waals surface area (Å²) >= 11 is 0. The van der Waals surface area contributed by atoms with Crippen molar-refractivity contribution in [2.75, 3.05) is 23.8 Å². The highest BCUT2D eigenvalue weighted by Crippen LogP contribution is 2.26. The van der Waals surface area contributed by atoms with Crippen LogP contribution in [-0.4, -0.2) is 61.5 Å². The highest BCUT2D eigenvalue weighted by Gasteiger charge is 2.16. The Kier molecular flexibility index (Phi) is 9.24. The molecular formula is C24H27N7O6. The van der Waals surface area contributed by atoms with Crippen molar-refractivity contribution < 1.29 is 28.8 Å². The van der Waals surface area contributed by atoms with Crippen molar-refractivity contribution in [1.29, 1.82) is 0 Å². The molecule has 1 amide bonds. The maximum absolute atomic E-state index is 12.4. The Morgan fingerprint density at radius 2 is 2.03 bits per heavy atom. The summed E-state index contributed by atoms with van der Waals surface area (Å²) in [5, 5.41) is 22.8. The molecule has 3 aromatic heterocycles. The van der Waals surface area contributed by atoms with E-state index in [9.17, 15) is 9.59 Å². The summed E-state index contributed by atoms with van der Waals surface area (Å²) in [5.41, 5.74) is 1.08. The van der Waals surface area contributed by atoms with E-state index in [1.807, 2.05) is 31.2 Å². The van der Waals surface area contributed by atoms with Crippen LogP contribution in [0.2, 0.25) is 0 Å². The molecule has 37 heavy (non-hydrogen) atoms. The van der Waals surface area contributed by atoms with Crippen LogP contribution in [0.25, 0.3) is 22.2 Å². The Labute approximate surface area is 211 Å². The molecule has 194 valence electrons. The Morgan fingerprint density at radius 1 is 1.24 bits per heavy atom. The Balaban J connectivity index is 0.00000121. The minimum atomic E-state index is -0.476. The molecule has 0 aliphatic heterocycles. The Hall–Kier alpha value is -4.81. The van der Waals surface area contributed by atoms with Gasteiger partial charge in [-0.1, -0.05) is 24.2 Å². The third kappa shape index (κ3) is 7.10. The fourth-order valence-corrected chi connectivity index (χ4v) is 3.35. The monoisotopic (exact) mass is 509 g/mol. The summed E-state index contributed by atoms with van der Waals surface area (Å²) < 4.78 is 11.6. The van der Waals surface area contributed by atoms with Crippen LogP contribution in [0.3, 0.4) is 0 Å². The molecule has 0 radical (unpaired) electrons. The molecule has 0 saturated heterocycles. The van der Waals surface area contributed by atoms with Gasteiger partial charge in [-0.3, -0.25) is 14.3 Å². The molecule has 13 nitrogen and oxygen atoms in total. The normalized spacial score (nSPS) is 10.4. The molecule has 0 unspecified atom stereocenters. The van der Waals surface area contributed by atoms with E-state index in [1.165, 1.54) is 10.7 Å². The van der Waals surface area contributed by atoms with Crippen molar-refractivity contribution in [3.05, 3.63) is 48.1 Å². The summed E-state index contributed by atoms with van der Waals surface area (Å²) in [7, 11) is 1.62. The zero-order valence-electron chi connectivity index (χ0n) is 20.6. The number of pyridine rings is 1. The number of nitrogens with one attached hydrogen (secondary N) is 2. The smallest absolute Gasteiger partial charge is 0.356 e. The number of carboxylic acid groups (broad SMARTS) is 1. The summed E-state index contributed by atoms with van der Waals surface area (Å²) in [6, 6.07) is 9.21. The van der Waals surface area contributed by atoms with Gasteiger partial charge in [-0.2, -0.15) is 10.1 Å². The maximum atomic E-state index is 12.4. The lowest BCUT2D eigenvalue weighted by molar-refractivity contribution is -0.123. The summed E-state index contributed by atoms with van der Waals surface area (Å²) in [5.74, 6) is 1.20. The SMILES string of the molecule is CCCOC(=O)c1cc(NC(=O)CCNc2nccc3ccc(-c4noc(C)n4)cc23)nn1C.O=CO. The van der Waals surface area contributed by atoms with Gasteiger partial charge in [0.25, 0.3) is 6.47 Å². The Bertz CT molecular complexity index is 1380. The molecule has 1 aromatic carbocycles. The van der Waals surface area contributed by atoms with Crippen molar-refractivity contribution >= 4 is 40.8 Å². The van der Waals surface area contributed by atoms with E-state index in [4.69, 9.17) is 19.2 Å². The lowest BCUT2D eigenvalue weighted by atomic mass is 10.1. The molecule has 3 N–H and O–H groups in total. The van der Waals surface area contributed by atoms with E-state index in [0.717, 1.165) is 22.8 Å². The highest BCUT2D eigenvalue weighted by atomic mass is 16.5. The number of benzene rings is 1. The number of anilines is 2. The first-order valence-corrected chi connectivity index (χ1v) is 11.4. The van der Waals surface area contributed by atoms with Gasteiger partial charge < -0.3 is 25.0 Å². The van der Waals surface area contributed by atoms with Gasteiger partial charge in [0, 0.05) is 50.1 Å². The second kappa shape index (κ2) is 12.8. The average Bonchev–Trinajstić information content (AvgIpc) is 3.48. The van der Waals surface area contributed by atoms with E-state index in [0.29, 0.717) is 36.5 Å². The number of hydrogen-bond acceptors (Lipinski definition) is 10. The number of hydrogen-bond donors (Lipinski definition) is 3. The number of carbonyl (C=O) groups is 3. The number of ether oxygens (including phenoxy) is 1. The fourth-order valence-electron chi connectivity index (χ4n) is 3.35. The molecule has 13 heteroatoms. The number of fused-ring (bicyclic) bond motifs is 1. The van der Waals surface area contributed by atoms with Gasteiger partial charge in [-0.05, 0) is 23.9 Å². The zero-order valence-corrected chi connectivity index (χ0v) is 20.6. The highest BCUT2D eigenvalue weighted by molar-refractivity contribution is 5.95. The number of esters is 1. The lowest BCUT2D eigenvalue weighted by Gasteiger charge is -2.09. The quantitative estimate of drug-likeness (QED) is 0.223. The van der Waals surface area contributed by atoms with Crippen molar-refractivity contribution in [3.63, 3.8) is 0 Å². The predicted octanol–water partition coefficient (Wildman–Crippen LogP) is 3.04. The van der Waals surface area contributed by atoms with Crippen LogP contribution < -0.4 is 10.6 Å². The molecule has 0 aliphatic rings. The van der Waals surface area contributed by atoms with Gasteiger partial charge in [-0.25, -0.2) is 9.78 Å². The number of amides is 1. The summed E-state index contributed by atoms with van der Waals surface area (Å²) in [4.78, 5) is 41.5. The number of aromatic nitrogens is 5. The first-order chi connectivity index (χ1) is 17.9. The Morgan fingerprint density at radius 3 is 2.73 bits per heavy atom. The minimum absolute atomic E-state index is 0.175. The minimum Gasteiger partial charge on any atom is -0.483 e. The van der Waals surface area contributed by atoms with Crippen LogP contribution in [0, 0.1) is 6.92 Å². The van der Waals surface area contributed by atoms with Crippen LogP contribution in [0.1, 0.15) is 36.1 Å². The first-order valence-electron chi connectivity index (χ1n) is 11.4. The van der Waals surface area contributed by atoms with Crippen molar-refractivity contribution in [2.45, 2.75) is 26.7 Å². The maximum Gasteiger partial charge on any atom is 0.356 e. The van der Waals surface area contributed by atoms with Crippen molar-refractivity contribution in [1.82, 2.24) is 24.9 Å². The van der Waals surface area contributed by atoms with Gasteiger partial charge in [0.05, 0.1) is 6.61 Å². The number of aryl methyl sites for hydroxylation is 2. The summed E-state index contributed by atoms with van der Waals surface area (Å²) in [6.45, 7) is 4.08. The largest absolute Gasteiger partial charge is 0.483 e. The van der Waals surface area contributed by atoms with E-state index in [-0.39, 0.29) is 24.5 Å². The van der Waals surface area contributed by atoms with E-state index in [2.05, 4.69) is 30.9 Å². The predicted molar refractivity (Wildman–Crippen MR) is 134 cm³/mol. The topological polar surface area (TPSA) is 174 Å². The van der Waals surface area contributed by atoms with E-state index >= 15 is 0 Å². The first kappa shape index (κ1) is 26.8. The number of nitrogens with zero attached hydrogens (tertiary/aromatic N) is 5. The fraction of sp³-hybridized carbons (Fsp3) is 0.292. The van der Waals surface area contributed by atoms with Crippen molar-refractivity contribution in [3.8, 4) is 11.4 Å². The molecular weight excluding hydrogens is 482 g/mol. The molecule has 4 aromatic rings. The van der Waals surface area contributed by atoms with Crippen LogP contribution in [-0.2, 0) is 21.4 Å². The summed E-state index contributed by atoms with van der Waals surface area (Å²) in [6.07, 6.45) is 2.60. The molecule has 0 saturated carbocycles. The number of rotatable bonds is 9. The molecule has 0 fully saturated rings. The molecule has 0 spiro atoms. The van der Waals surface area contributed by atoms with Crippen LogP contribution in [0.15, 0.2) is 41.1 Å². The third-order valence-electron chi connectivity index (χ3n) is 4.99. The molecule has 0 atom stereocenters. The van der Waals surface area contributed by atoms with Crippen molar-refractivity contribution in [2.24, 2.45) is 7.05 Å². The molecule has 4 rings (SSSR count). The molecule has 0 bridgehead atoms. The van der Waals surface area contributed by atoms with Gasteiger partial charge in [-0.15, -0.1) is 0 Å². The zero-order chi connectivity index (χ0) is 26.8. The standard InChI is InChI=1S/C23H25N7O4.CH2O2/c1-4-11-33-23(32)18-13-19(28-30(18)3)27-20(31)8-10-25-22-17-12-16(21-26-14(2)34-29-21)6-5-15(17)7-9-24-22;2-1-3/h5-7,9,12-13H,4,8,10-11H2,1-3H3,(H,24,25)(H,27,28,31);1H,(H,2,3). The molecule has 0 aliphatic carbocycles. The van der Waals surface area contributed by atoms with Gasteiger partial charge in [0.1, 0.15) is 11.5 Å². The van der Waals surface area contributed by atoms with E-state index in [1.54, 1.807) is 20.2 Å². The van der Waals surface area contributed by atoms with Gasteiger partial charge >= 0.3 is 5.97 Å². The second-order valence-electron chi connectivity index (χ2n) is 7.74. The van der Waals surface area contributed by atoms with Gasteiger partial charge in [0.2, 0.25) is 17.6 Å². The molecule has 3 heterocycles. The van der Waals surface area contributed by atoms with Crippen LogP contribution in [0.4, 0.5) is 11.6 Å². The van der Waals surface area contributed by atoms with Gasteiger partial charge in [0.15, 0.2) is 5.82 Å². The van der Waals surface area contributed by atoms with E-state index < -0.39 is 5.97 Å². The second-order valence-corrected chi connectivity index (χ2v) is 7.74. The lowest BCUT2D eigenvalue weighted by Crippen LogP contribution is -2.17. The van der Waals surface area contributed by atoms with Crippen LogP contribution in [0.5, 0.6) is 0 Å².